The number of ether oxygens (including phenoxy) is 1. The molecule has 0 radical (unpaired) electrons. The lowest BCUT2D eigenvalue weighted by Crippen LogP contribution is -2.10. The van der Waals surface area contributed by atoms with Gasteiger partial charge in [0.05, 0.1) is 6.10 Å². The van der Waals surface area contributed by atoms with Crippen molar-refractivity contribution in [3.63, 3.8) is 0 Å². The summed E-state index contributed by atoms with van der Waals surface area (Å²) in [5.74, 6) is 1.26. The molecule has 0 heterocycles. The predicted octanol–water partition coefficient (Wildman–Crippen LogP) is 3.71. The van der Waals surface area contributed by atoms with Gasteiger partial charge in [0.2, 0.25) is 0 Å². The Morgan fingerprint density at radius 3 is 2.50 bits per heavy atom. The number of hydrogen-bond donors (Lipinski definition) is 0. The fraction of sp³-hybridized carbons (Fsp3) is 0.471. The highest BCUT2D eigenvalue weighted by atomic mass is 16.5. The minimum Gasteiger partial charge on any atom is -0.490 e. The molecular weight excluding hydrogens is 252 g/mol. The molecule has 0 aromatic carbocycles. The molecule has 110 valence electrons. The van der Waals surface area contributed by atoms with Crippen LogP contribution >= 0.6 is 0 Å². The second kappa shape index (κ2) is 7.85. The molecule has 0 bridgehead atoms. The van der Waals surface area contributed by atoms with Gasteiger partial charge in [-0.3, -0.25) is 4.79 Å². The Hall–Kier alpha value is -1.61. The normalized spacial score (nSPS) is 14.7. The topological polar surface area (TPSA) is 57.8 Å². The average molecular weight is 276 g/mol. The van der Waals surface area contributed by atoms with E-state index in [4.69, 9.17) is 4.74 Å². The Balaban J connectivity index is 0.000000221. The zero-order valence-electron chi connectivity index (χ0n) is 12.2. The van der Waals surface area contributed by atoms with Crippen molar-refractivity contribution in [3.05, 3.63) is 30.9 Å². The number of carbonyl (C=O) groups is 1. The molecule has 2 N–H and O–H groups in total. The zero-order chi connectivity index (χ0) is 13.7. The quantitative estimate of drug-likeness (QED) is 0.782. The first-order valence-corrected chi connectivity index (χ1v) is 7.21. The van der Waals surface area contributed by atoms with Crippen LogP contribution in [0.5, 0.6) is 5.75 Å². The van der Waals surface area contributed by atoms with E-state index in [2.05, 4.69) is 24.8 Å². The van der Waals surface area contributed by atoms with Crippen molar-refractivity contribution >= 4 is 5.78 Å². The number of benzene rings is 1. The number of ketones is 1. The van der Waals surface area contributed by atoms with Crippen LogP contribution in [0.3, 0.4) is 0 Å². The molecule has 3 heteroatoms. The molecule has 0 aromatic rings. The molecule has 20 heavy (non-hydrogen) atoms. The fourth-order valence-corrected chi connectivity index (χ4v) is 2.36. The van der Waals surface area contributed by atoms with Crippen molar-refractivity contribution < 1.29 is 15.0 Å². The molecule has 3 nitrogen and oxygen atoms in total. The van der Waals surface area contributed by atoms with E-state index < -0.39 is 0 Å². The van der Waals surface area contributed by atoms with Gasteiger partial charge in [0.25, 0.3) is 0 Å². The van der Waals surface area contributed by atoms with Crippen LogP contribution in [0.25, 0.3) is 11.1 Å². The summed E-state index contributed by atoms with van der Waals surface area (Å²) < 4.78 is 5.87. The summed E-state index contributed by atoms with van der Waals surface area (Å²) >= 11 is 0. The summed E-state index contributed by atoms with van der Waals surface area (Å²) in [4.78, 5) is 10.3. The van der Waals surface area contributed by atoms with Gasteiger partial charge in [-0.2, -0.15) is 0 Å². The lowest BCUT2D eigenvalue weighted by atomic mass is 10.2. The van der Waals surface area contributed by atoms with Crippen LogP contribution in [0.15, 0.2) is 30.9 Å². The van der Waals surface area contributed by atoms with Crippen molar-refractivity contribution in [3.8, 4) is 16.9 Å². The summed E-state index contributed by atoms with van der Waals surface area (Å²) in [6, 6.07) is 6.42. The third-order valence-corrected chi connectivity index (χ3v) is 3.53. The summed E-state index contributed by atoms with van der Waals surface area (Å²) in [5, 5.41) is 0. The highest BCUT2D eigenvalue weighted by Crippen LogP contribution is 2.44. The fourth-order valence-electron chi connectivity index (χ4n) is 2.36. The predicted molar refractivity (Wildman–Crippen MR) is 82.0 cm³/mol. The van der Waals surface area contributed by atoms with Crippen LogP contribution in [0, 0.1) is 0 Å². The summed E-state index contributed by atoms with van der Waals surface area (Å²) in [7, 11) is 0. The van der Waals surface area contributed by atoms with E-state index in [0.29, 0.717) is 12.5 Å². The van der Waals surface area contributed by atoms with Crippen molar-refractivity contribution in [2.24, 2.45) is 0 Å². The van der Waals surface area contributed by atoms with E-state index >= 15 is 0 Å². The van der Waals surface area contributed by atoms with Crippen molar-refractivity contribution in [1.82, 2.24) is 0 Å². The number of fused-ring (bicyclic) bond motifs is 1. The van der Waals surface area contributed by atoms with E-state index in [-0.39, 0.29) is 11.3 Å². The third kappa shape index (κ3) is 4.49. The molecule has 0 spiro atoms. The Bertz CT molecular complexity index is 459. The minimum atomic E-state index is 0. The van der Waals surface area contributed by atoms with Crippen LogP contribution in [0.2, 0.25) is 0 Å². The maximum absolute atomic E-state index is 10.3. The SMILES string of the molecule is C=CC(=O)CCC.O.c1cc(OC2CCCC2)c2cc1-2. The summed E-state index contributed by atoms with van der Waals surface area (Å²) in [6.07, 6.45) is 8.62. The van der Waals surface area contributed by atoms with E-state index in [1.54, 1.807) is 0 Å². The Morgan fingerprint density at radius 2 is 2.10 bits per heavy atom. The molecule has 0 amide bonds. The van der Waals surface area contributed by atoms with Gasteiger partial charge in [-0.05, 0) is 55.9 Å². The van der Waals surface area contributed by atoms with Crippen LogP contribution in [0.4, 0.5) is 0 Å². The molecule has 0 saturated heterocycles. The molecule has 0 aromatic heterocycles. The number of rotatable bonds is 5. The minimum absolute atomic E-state index is 0. The number of carbonyl (C=O) groups excluding carboxylic acids is 1. The molecule has 3 aliphatic rings. The van der Waals surface area contributed by atoms with Crippen molar-refractivity contribution in [2.45, 2.75) is 51.6 Å². The first-order chi connectivity index (χ1) is 9.24. The number of allylic oxidation sites excluding steroid dienone is 1. The van der Waals surface area contributed by atoms with Crippen molar-refractivity contribution in [2.75, 3.05) is 0 Å². The first-order valence-electron chi connectivity index (χ1n) is 7.21. The van der Waals surface area contributed by atoms with Gasteiger partial charge in [0, 0.05) is 12.0 Å². The van der Waals surface area contributed by atoms with Gasteiger partial charge in [0.15, 0.2) is 5.78 Å². The second-order valence-electron chi connectivity index (χ2n) is 5.16. The van der Waals surface area contributed by atoms with Gasteiger partial charge in [-0.1, -0.05) is 19.6 Å². The van der Waals surface area contributed by atoms with Gasteiger partial charge in [-0.15, -0.1) is 0 Å². The maximum Gasteiger partial charge on any atom is 0.155 e. The van der Waals surface area contributed by atoms with Gasteiger partial charge in [-0.25, -0.2) is 0 Å². The summed E-state index contributed by atoms with van der Waals surface area (Å²) in [6.45, 7) is 5.30. The van der Waals surface area contributed by atoms with E-state index in [1.807, 2.05) is 6.92 Å². The molecular formula is C17H24O3. The monoisotopic (exact) mass is 276 g/mol. The molecule has 0 unspecified atom stereocenters. The maximum atomic E-state index is 10.3. The van der Waals surface area contributed by atoms with Crippen molar-refractivity contribution in [1.29, 1.82) is 0 Å². The lowest BCUT2D eigenvalue weighted by Gasteiger charge is -2.11. The largest absolute Gasteiger partial charge is 0.490 e. The Kier molecular flexibility index (Phi) is 6.46. The zero-order valence-corrected chi connectivity index (χ0v) is 12.2. The molecule has 1 fully saturated rings. The molecule has 3 rings (SSSR count). The Labute approximate surface area is 121 Å². The molecule has 1 saturated carbocycles. The van der Waals surface area contributed by atoms with Crippen LogP contribution in [0.1, 0.15) is 45.4 Å². The third-order valence-electron chi connectivity index (χ3n) is 3.53. The molecule has 0 aliphatic heterocycles. The van der Waals surface area contributed by atoms with Gasteiger partial charge >= 0.3 is 0 Å². The standard InChI is InChI=1S/C11H12O.C6H10O.H2O/c1-2-4-9(3-1)12-11-6-5-8-7-10(8)11;1-3-5-6(7)4-2;/h5-7,9H,1-4H2;4H,2-3,5H2,1H3;1H2. The summed E-state index contributed by atoms with van der Waals surface area (Å²) in [5.41, 5.74) is 2.73. The highest BCUT2D eigenvalue weighted by molar-refractivity contribution is 5.88. The lowest BCUT2D eigenvalue weighted by molar-refractivity contribution is -0.114. The first kappa shape index (κ1) is 16.4. The average Bonchev–Trinajstić information content (AvgIpc) is 2.84. The van der Waals surface area contributed by atoms with E-state index in [0.717, 1.165) is 12.2 Å². The molecule has 0 atom stereocenters. The van der Waals surface area contributed by atoms with E-state index in [1.165, 1.54) is 42.9 Å². The number of hydrogen-bond acceptors (Lipinski definition) is 2. The van der Waals surface area contributed by atoms with Crippen LogP contribution in [-0.2, 0) is 4.79 Å². The Morgan fingerprint density at radius 1 is 1.40 bits per heavy atom. The van der Waals surface area contributed by atoms with Gasteiger partial charge in [0.1, 0.15) is 5.75 Å². The van der Waals surface area contributed by atoms with Gasteiger partial charge < -0.3 is 10.2 Å². The highest BCUT2D eigenvalue weighted by Gasteiger charge is 2.23. The molecule has 3 aliphatic carbocycles. The van der Waals surface area contributed by atoms with Crippen LogP contribution < -0.4 is 4.74 Å². The second-order valence-corrected chi connectivity index (χ2v) is 5.16. The van der Waals surface area contributed by atoms with E-state index in [9.17, 15) is 4.79 Å². The van der Waals surface area contributed by atoms with Crippen LogP contribution in [-0.4, -0.2) is 17.4 Å². The smallest absolute Gasteiger partial charge is 0.155 e.